The predicted octanol–water partition coefficient (Wildman–Crippen LogP) is 3.94. The number of hydrogen-bond acceptors (Lipinski definition) is 7. The zero-order valence-electron chi connectivity index (χ0n) is 22.3. The molecule has 0 saturated carbocycles. The van der Waals surface area contributed by atoms with Gasteiger partial charge in [-0.3, -0.25) is 19.5 Å². The molecule has 0 fully saturated rings. The van der Waals surface area contributed by atoms with Crippen molar-refractivity contribution in [1.29, 1.82) is 0 Å². The van der Waals surface area contributed by atoms with Gasteiger partial charge in [0, 0.05) is 24.6 Å². The van der Waals surface area contributed by atoms with Crippen LogP contribution < -0.4 is 10.2 Å². The van der Waals surface area contributed by atoms with Crippen LogP contribution in [0.1, 0.15) is 49.2 Å². The number of amides is 2. The van der Waals surface area contributed by atoms with Gasteiger partial charge in [-0.1, -0.05) is 37.3 Å². The average Bonchev–Trinajstić information content (AvgIpc) is 3.34. The molecule has 2 aromatic carbocycles. The number of carbonyl (C=O) groups is 3. The maximum absolute atomic E-state index is 14.1. The lowest BCUT2D eigenvalue weighted by Crippen LogP contribution is -2.45. The van der Waals surface area contributed by atoms with E-state index in [1.165, 1.54) is 9.58 Å². The summed E-state index contributed by atoms with van der Waals surface area (Å²) < 4.78 is 6.67. The summed E-state index contributed by atoms with van der Waals surface area (Å²) in [5.41, 5.74) is 2.56. The van der Waals surface area contributed by atoms with Crippen molar-refractivity contribution < 1.29 is 19.1 Å². The van der Waals surface area contributed by atoms with E-state index in [0.717, 1.165) is 6.42 Å². The molecule has 39 heavy (non-hydrogen) atoms. The largest absolute Gasteiger partial charge is 0.462 e. The number of fused-ring (bicyclic) bond motifs is 1. The molecule has 4 aromatic rings. The first kappa shape index (κ1) is 27.4. The van der Waals surface area contributed by atoms with E-state index in [0.29, 0.717) is 34.7 Å². The summed E-state index contributed by atoms with van der Waals surface area (Å²) in [6, 6.07) is 16.2. The fourth-order valence-electron chi connectivity index (χ4n) is 4.22. The Labute approximate surface area is 227 Å². The van der Waals surface area contributed by atoms with Gasteiger partial charge >= 0.3 is 5.97 Å². The fraction of sp³-hybridized carbons (Fsp3) is 0.310. The standard InChI is InChI=1S/C29H32N6O4/c1-4-39-29(38)22-8-7-9-23(18-22)35(26(36)19-34-25-11-6-5-10-24(25)32-33-34)27(21-13-15-30-16-14-21)28(37)31-17-12-20(2)3/h5-11,13-16,18,20,27H,4,12,17,19H2,1-3H3,(H,31,37)/t27-/m1/s1. The topological polar surface area (TPSA) is 119 Å². The molecule has 0 aliphatic carbocycles. The molecule has 1 atom stereocenters. The number of aromatic nitrogens is 4. The van der Waals surface area contributed by atoms with Crippen LogP contribution in [0.25, 0.3) is 11.0 Å². The molecule has 2 heterocycles. The molecule has 2 aromatic heterocycles. The third-order valence-corrected chi connectivity index (χ3v) is 6.16. The Hall–Kier alpha value is -4.60. The summed E-state index contributed by atoms with van der Waals surface area (Å²) in [5, 5.41) is 11.3. The molecular formula is C29H32N6O4. The van der Waals surface area contributed by atoms with Crippen LogP contribution in [0.15, 0.2) is 73.1 Å². The minimum absolute atomic E-state index is 0.176. The first-order valence-electron chi connectivity index (χ1n) is 12.9. The minimum atomic E-state index is -1.03. The number of nitrogens with zero attached hydrogens (tertiary/aromatic N) is 5. The molecular weight excluding hydrogens is 496 g/mol. The SMILES string of the molecule is CCOC(=O)c1cccc(N(C(=O)Cn2nnc3ccccc32)[C@@H](C(=O)NCCC(C)C)c2ccncc2)c1. The van der Waals surface area contributed by atoms with Gasteiger partial charge in [0.25, 0.3) is 0 Å². The van der Waals surface area contributed by atoms with Crippen molar-refractivity contribution in [2.75, 3.05) is 18.1 Å². The molecule has 4 rings (SSSR count). The van der Waals surface area contributed by atoms with Gasteiger partial charge < -0.3 is 10.1 Å². The van der Waals surface area contributed by atoms with E-state index >= 15 is 0 Å². The van der Waals surface area contributed by atoms with Crippen LogP contribution >= 0.6 is 0 Å². The lowest BCUT2D eigenvalue weighted by molar-refractivity contribution is -0.127. The van der Waals surface area contributed by atoms with Crippen LogP contribution in [0.5, 0.6) is 0 Å². The zero-order chi connectivity index (χ0) is 27.8. The highest BCUT2D eigenvalue weighted by Crippen LogP contribution is 2.29. The van der Waals surface area contributed by atoms with Crippen LogP contribution in [0, 0.1) is 5.92 Å². The first-order valence-corrected chi connectivity index (χ1v) is 12.9. The van der Waals surface area contributed by atoms with Crippen LogP contribution in [0.2, 0.25) is 0 Å². The second kappa shape index (κ2) is 12.8. The second-order valence-electron chi connectivity index (χ2n) is 9.43. The lowest BCUT2D eigenvalue weighted by atomic mass is 10.0. The molecule has 0 radical (unpaired) electrons. The molecule has 0 spiro atoms. The molecule has 10 heteroatoms. The maximum Gasteiger partial charge on any atom is 0.338 e. The maximum atomic E-state index is 14.1. The number of nitrogens with one attached hydrogen (secondary N) is 1. The average molecular weight is 529 g/mol. The van der Waals surface area contributed by atoms with Crippen molar-refractivity contribution in [3.63, 3.8) is 0 Å². The van der Waals surface area contributed by atoms with Crippen molar-refractivity contribution in [2.24, 2.45) is 5.92 Å². The van der Waals surface area contributed by atoms with Crippen molar-refractivity contribution in [3.05, 3.63) is 84.2 Å². The third kappa shape index (κ3) is 6.64. The molecule has 0 unspecified atom stereocenters. The van der Waals surface area contributed by atoms with Crippen LogP contribution in [-0.4, -0.2) is 50.9 Å². The molecule has 0 bridgehead atoms. The fourth-order valence-corrected chi connectivity index (χ4v) is 4.22. The Kier molecular flexibility index (Phi) is 8.98. The second-order valence-corrected chi connectivity index (χ2v) is 9.43. The third-order valence-electron chi connectivity index (χ3n) is 6.16. The van der Waals surface area contributed by atoms with E-state index in [1.807, 2.05) is 24.3 Å². The number of benzene rings is 2. The summed E-state index contributed by atoms with van der Waals surface area (Å²) in [4.78, 5) is 45.8. The van der Waals surface area contributed by atoms with Crippen LogP contribution in [-0.2, 0) is 20.9 Å². The monoisotopic (exact) mass is 528 g/mol. The van der Waals surface area contributed by atoms with E-state index in [1.54, 1.807) is 55.7 Å². The summed E-state index contributed by atoms with van der Waals surface area (Å²) in [7, 11) is 0. The van der Waals surface area contributed by atoms with Gasteiger partial charge in [-0.2, -0.15) is 0 Å². The van der Waals surface area contributed by atoms with E-state index in [4.69, 9.17) is 4.74 Å². The van der Waals surface area contributed by atoms with Crippen molar-refractivity contribution in [1.82, 2.24) is 25.3 Å². The number of hydrogen-bond donors (Lipinski definition) is 1. The number of pyridine rings is 1. The number of esters is 1. The Bertz CT molecular complexity index is 1440. The highest BCUT2D eigenvalue weighted by Gasteiger charge is 2.33. The number of anilines is 1. The van der Waals surface area contributed by atoms with Crippen molar-refractivity contribution in [2.45, 2.75) is 39.8 Å². The van der Waals surface area contributed by atoms with E-state index in [-0.39, 0.29) is 24.6 Å². The Morgan fingerprint density at radius 1 is 1.03 bits per heavy atom. The molecule has 202 valence electrons. The first-order chi connectivity index (χ1) is 18.9. The summed E-state index contributed by atoms with van der Waals surface area (Å²) in [6.07, 6.45) is 3.94. The summed E-state index contributed by atoms with van der Waals surface area (Å²) in [5.74, 6) is -0.882. The summed E-state index contributed by atoms with van der Waals surface area (Å²) >= 11 is 0. The quantitative estimate of drug-likeness (QED) is 0.293. The number of rotatable bonds is 11. The van der Waals surface area contributed by atoms with Gasteiger partial charge in [0.05, 0.1) is 17.7 Å². The Balaban J connectivity index is 1.79. The van der Waals surface area contributed by atoms with Gasteiger partial charge in [0.2, 0.25) is 11.8 Å². The molecule has 2 amide bonds. The molecule has 0 aliphatic rings. The van der Waals surface area contributed by atoms with E-state index in [9.17, 15) is 14.4 Å². The Morgan fingerprint density at radius 3 is 2.54 bits per heavy atom. The highest BCUT2D eigenvalue weighted by molar-refractivity contribution is 6.02. The van der Waals surface area contributed by atoms with Crippen molar-refractivity contribution >= 4 is 34.5 Å². The normalized spacial score (nSPS) is 11.8. The molecule has 1 N–H and O–H groups in total. The highest BCUT2D eigenvalue weighted by atomic mass is 16.5. The van der Waals surface area contributed by atoms with Gasteiger partial charge in [0.1, 0.15) is 18.1 Å². The minimum Gasteiger partial charge on any atom is -0.462 e. The van der Waals surface area contributed by atoms with E-state index < -0.39 is 17.9 Å². The van der Waals surface area contributed by atoms with Gasteiger partial charge in [0.15, 0.2) is 0 Å². The van der Waals surface area contributed by atoms with Crippen LogP contribution in [0.4, 0.5) is 5.69 Å². The number of ether oxygens (including phenoxy) is 1. The van der Waals surface area contributed by atoms with Gasteiger partial charge in [-0.05, 0) is 67.3 Å². The zero-order valence-corrected chi connectivity index (χ0v) is 22.3. The molecule has 10 nitrogen and oxygen atoms in total. The lowest BCUT2D eigenvalue weighted by Gasteiger charge is -2.32. The van der Waals surface area contributed by atoms with Crippen LogP contribution in [0.3, 0.4) is 0 Å². The predicted molar refractivity (Wildman–Crippen MR) is 147 cm³/mol. The smallest absolute Gasteiger partial charge is 0.338 e. The van der Waals surface area contributed by atoms with Gasteiger partial charge in [-0.25, -0.2) is 9.48 Å². The van der Waals surface area contributed by atoms with E-state index in [2.05, 4.69) is 34.5 Å². The van der Waals surface area contributed by atoms with Crippen molar-refractivity contribution in [3.8, 4) is 0 Å². The number of carbonyl (C=O) groups excluding carboxylic acids is 3. The summed E-state index contributed by atoms with van der Waals surface area (Å²) in [6.45, 7) is 6.36. The Morgan fingerprint density at radius 2 is 1.79 bits per heavy atom. The van der Waals surface area contributed by atoms with Gasteiger partial charge in [-0.15, -0.1) is 5.10 Å². The molecule has 0 saturated heterocycles. The molecule has 0 aliphatic heterocycles. The number of para-hydroxylation sites is 1.